The highest BCUT2D eigenvalue weighted by Gasteiger charge is 2.14. The molecular formula is C17H16ClN4O+. The first kappa shape index (κ1) is 15.1. The van der Waals surface area contributed by atoms with Crippen LogP contribution in [0.15, 0.2) is 60.8 Å². The van der Waals surface area contributed by atoms with Crippen LogP contribution in [0, 0.1) is 0 Å². The Bertz CT molecular complexity index is 804. The van der Waals surface area contributed by atoms with Gasteiger partial charge in [0.2, 0.25) is 0 Å². The van der Waals surface area contributed by atoms with E-state index in [9.17, 15) is 0 Å². The Morgan fingerprint density at radius 1 is 1.04 bits per heavy atom. The summed E-state index contributed by atoms with van der Waals surface area (Å²) >= 11 is 5.92. The van der Waals surface area contributed by atoms with Crippen LogP contribution in [0.1, 0.15) is 0 Å². The van der Waals surface area contributed by atoms with Gasteiger partial charge in [0.1, 0.15) is 5.75 Å². The van der Waals surface area contributed by atoms with Crippen molar-refractivity contribution in [2.45, 2.75) is 0 Å². The Kier molecular flexibility index (Phi) is 4.30. The number of nitrogen functional groups attached to an aromatic ring is 1. The average molecular weight is 328 g/mol. The molecule has 2 aromatic carbocycles. The van der Waals surface area contributed by atoms with E-state index < -0.39 is 0 Å². The fraction of sp³-hybridized carbons (Fsp3) is 0.0588. The number of hydrogen-bond donors (Lipinski definition) is 2. The summed E-state index contributed by atoms with van der Waals surface area (Å²) in [6.45, 7) is 0. The first-order valence-corrected chi connectivity index (χ1v) is 7.38. The fourth-order valence-electron chi connectivity index (χ4n) is 2.11. The Morgan fingerprint density at radius 3 is 2.39 bits per heavy atom. The summed E-state index contributed by atoms with van der Waals surface area (Å²) in [5, 5.41) is 3.88. The summed E-state index contributed by atoms with van der Waals surface area (Å²) in [6.07, 6.45) is 1.75. The monoisotopic (exact) mass is 327 g/mol. The van der Waals surface area contributed by atoms with Crippen LogP contribution in [-0.2, 0) is 0 Å². The summed E-state index contributed by atoms with van der Waals surface area (Å²) in [5.41, 5.74) is 2.64. The van der Waals surface area contributed by atoms with E-state index in [1.54, 1.807) is 13.3 Å². The van der Waals surface area contributed by atoms with Crippen molar-refractivity contribution in [3.8, 4) is 17.0 Å². The number of aromatic nitrogens is 2. The van der Waals surface area contributed by atoms with E-state index in [1.807, 2.05) is 54.6 Å². The normalized spacial score (nSPS) is 10.3. The summed E-state index contributed by atoms with van der Waals surface area (Å²) in [6, 6.07) is 16.9. The van der Waals surface area contributed by atoms with Crippen LogP contribution < -0.4 is 20.6 Å². The van der Waals surface area contributed by atoms with Crippen molar-refractivity contribution < 1.29 is 9.41 Å². The summed E-state index contributed by atoms with van der Waals surface area (Å²) in [7, 11) is 1.63. The lowest BCUT2D eigenvalue weighted by atomic mass is 10.1. The molecule has 5 nitrogen and oxygen atoms in total. The minimum absolute atomic E-state index is 0.530. The van der Waals surface area contributed by atoms with Crippen LogP contribution in [0.4, 0.5) is 11.6 Å². The molecule has 3 rings (SSSR count). The van der Waals surface area contributed by atoms with Gasteiger partial charge >= 0.3 is 5.95 Å². The number of nitrogens with two attached hydrogens (primary N) is 1. The highest BCUT2D eigenvalue weighted by molar-refractivity contribution is 6.30. The van der Waals surface area contributed by atoms with E-state index in [4.69, 9.17) is 22.2 Å². The molecule has 0 aliphatic rings. The molecule has 0 radical (unpaired) electrons. The average Bonchev–Trinajstić information content (AvgIpc) is 2.58. The van der Waals surface area contributed by atoms with Crippen LogP contribution in [0.3, 0.4) is 0 Å². The van der Waals surface area contributed by atoms with E-state index in [1.165, 1.54) is 4.68 Å². The third-order valence-corrected chi connectivity index (χ3v) is 3.60. The maximum absolute atomic E-state index is 5.94. The Morgan fingerprint density at radius 2 is 1.74 bits per heavy atom. The second-order valence-electron chi connectivity index (χ2n) is 4.90. The van der Waals surface area contributed by atoms with Crippen LogP contribution in [0.25, 0.3) is 11.3 Å². The lowest BCUT2D eigenvalue weighted by Crippen LogP contribution is -2.46. The number of halogens is 1. The fourth-order valence-corrected chi connectivity index (χ4v) is 2.23. The Balaban J connectivity index is 1.89. The van der Waals surface area contributed by atoms with E-state index in [2.05, 4.69) is 10.3 Å². The Labute approximate surface area is 139 Å². The largest absolute Gasteiger partial charge is 0.497 e. The van der Waals surface area contributed by atoms with Crippen molar-refractivity contribution in [3.05, 3.63) is 65.8 Å². The van der Waals surface area contributed by atoms with Gasteiger partial charge < -0.3 is 4.74 Å². The standard InChI is InChI=1S/C17H15ClN4O/c1-23-15-8-6-14(7-9-15)20-17-21-16(10-11-22(17)19)12-2-4-13(18)5-3-12/h2-11H,19H2,1H3/p+1. The van der Waals surface area contributed by atoms with Gasteiger partial charge in [-0.3, -0.25) is 5.84 Å². The molecule has 0 fully saturated rings. The molecule has 1 aromatic heterocycles. The van der Waals surface area contributed by atoms with Crippen molar-refractivity contribution in [3.63, 3.8) is 0 Å². The van der Waals surface area contributed by atoms with E-state index >= 15 is 0 Å². The second kappa shape index (κ2) is 6.54. The number of nitrogens with zero attached hydrogens (tertiary/aromatic N) is 2. The molecule has 3 N–H and O–H groups in total. The molecule has 0 saturated carbocycles. The number of methoxy groups -OCH3 is 1. The molecule has 0 spiro atoms. The number of ether oxygens (including phenoxy) is 1. The third kappa shape index (κ3) is 3.52. The molecular weight excluding hydrogens is 312 g/mol. The number of anilines is 2. The van der Waals surface area contributed by atoms with Crippen molar-refractivity contribution in [1.82, 2.24) is 4.98 Å². The van der Waals surface area contributed by atoms with Crippen LogP contribution in [0.5, 0.6) is 5.75 Å². The number of nitrogens with one attached hydrogen (secondary N) is 1. The molecule has 1 heterocycles. The van der Waals surface area contributed by atoms with Crippen LogP contribution in [0.2, 0.25) is 5.02 Å². The predicted molar refractivity (Wildman–Crippen MR) is 91.3 cm³/mol. The van der Waals surface area contributed by atoms with Gasteiger partial charge in [-0.1, -0.05) is 16.6 Å². The van der Waals surface area contributed by atoms with Crippen LogP contribution >= 0.6 is 11.6 Å². The molecule has 3 aromatic rings. The van der Waals surface area contributed by atoms with Gasteiger partial charge in [0, 0.05) is 16.7 Å². The minimum atomic E-state index is 0.530. The van der Waals surface area contributed by atoms with Crippen molar-refractivity contribution in [1.29, 1.82) is 0 Å². The lowest BCUT2D eigenvalue weighted by molar-refractivity contribution is -0.626. The van der Waals surface area contributed by atoms with Gasteiger partial charge in [-0.05, 0) is 48.5 Å². The lowest BCUT2D eigenvalue weighted by Gasteiger charge is -2.05. The predicted octanol–water partition coefficient (Wildman–Crippen LogP) is 3.16. The number of benzene rings is 2. The van der Waals surface area contributed by atoms with E-state index in [-0.39, 0.29) is 0 Å². The summed E-state index contributed by atoms with van der Waals surface area (Å²) in [5.74, 6) is 7.26. The van der Waals surface area contributed by atoms with Crippen LogP contribution in [-0.4, -0.2) is 12.1 Å². The zero-order chi connectivity index (χ0) is 16.2. The van der Waals surface area contributed by atoms with Gasteiger partial charge in [0.25, 0.3) is 0 Å². The van der Waals surface area contributed by atoms with Gasteiger partial charge in [-0.15, -0.1) is 4.68 Å². The molecule has 0 bridgehead atoms. The van der Waals surface area contributed by atoms with Crippen molar-refractivity contribution in [2.75, 3.05) is 18.3 Å². The number of hydrogen-bond acceptors (Lipinski definition) is 4. The summed E-state index contributed by atoms with van der Waals surface area (Å²) < 4.78 is 6.58. The second-order valence-corrected chi connectivity index (χ2v) is 5.34. The zero-order valence-electron chi connectivity index (χ0n) is 12.5. The molecule has 6 heteroatoms. The molecule has 23 heavy (non-hydrogen) atoms. The zero-order valence-corrected chi connectivity index (χ0v) is 13.3. The SMILES string of the molecule is COc1ccc(Nc2nc(-c3ccc(Cl)cc3)cc[n+]2N)cc1. The first-order chi connectivity index (χ1) is 11.2. The number of rotatable bonds is 4. The molecule has 116 valence electrons. The Hall–Kier alpha value is -2.79. The highest BCUT2D eigenvalue weighted by atomic mass is 35.5. The molecule has 0 amide bonds. The maximum Gasteiger partial charge on any atom is 0.418 e. The third-order valence-electron chi connectivity index (χ3n) is 3.35. The minimum Gasteiger partial charge on any atom is -0.497 e. The van der Waals surface area contributed by atoms with Gasteiger partial charge in [0.05, 0.1) is 19.0 Å². The molecule has 0 aliphatic carbocycles. The highest BCUT2D eigenvalue weighted by Crippen LogP contribution is 2.21. The molecule has 0 aliphatic heterocycles. The van der Waals surface area contributed by atoms with E-state index in [0.717, 1.165) is 22.7 Å². The maximum atomic E-state index is 5.94. The molecule has 0 unspecified atom stereocenters. The molecule has 0 saturated heterocycles. The van der Waals surface area contributed by atoms with Crippen molar-refractivity contribution in [2.24, 2.45) is 0 Å². The summed E-state index contributed by atoms with van der Waals surface area (Å²) in [4.78, 5) is 4.56. The quantitative estimate of drug-likeness (QED) is 0.570. The van der Waals surface area contributed by atoms with Gasteiger partial charge in [-0.25, -0.2) is 5.32 Å². The van der Waals surface area contributed by atoms with Gasteiger partial charge in [0.15, 0.2) is 5.69 Å². The first-order valence-electron chi connectivity index (χ1n) is 7.00. The van der Waals surface area contributed by atoms with Gasteiger partial charge in [-0.2, -0.15) is 0 Å². The molecule has 0 atom stereocenters. The smallest absolute Gasteiger partial charge is 0.418 e. The van der Waals surface area contributed by atoms with E-state index in [0.29, 0.717) is 11.0 Å². The van der Waals surface area contributed by atoms with Crippen molar-refractivity contribution >= 4 is 23.2 Å². The topological polar surface area (TPSA) is 64.0 Å².